The summed E-state index contributed by atoms with van der Waals surface area (Å²) in [5.74, 6) is 0. The van der Waals surface area contributed by atoms with Crippen molar-refractivity contribution in [2.24, 2.45) is 0 Å². The van der Waals surface area contributed by atoms with Crippen molar-refractivity contribution < 1.29 is 0 Å². The molecule has 5 aliphatic heterocycles. The van der Waals surface area contributed by atoms with Crippen molar-refractivity contribution in [1.82, 2.24) is 29.6 Å². The van der Waals surface area contributed by atoms with E-state index >= 15 is 0 Å². The highest BCUT2D eigenvalue weighted by Crippen LogP contribution is 2.41. The van der Waals surface area contributed by atoms with E-state index in [0.717, 1.165) is 0 Å². The van der Waals surface area contributed by atoms with Crippen LogP contribution in [0.5, 0.6) is 0 Å². The molecule has 6 nitrogen and oxygen atoms in total. The van der Waals surface area contributed by atoms with Crippen LogP contribution in [0, 0.1) is 0 Å². The Morgan fingerprint density at radius 2 is 1.21 bits per heavy atom. The second kappa shape index (κ2) is 16.5. The molecule has 0 amide bonds. The van der Waals surface area contributed by atoms with Gasteiger partial charge in [0.15, 0.2) is 8.24 Å². The van der Waals surface area contributed by atoms with E-state index in [9.17, 15) is 0 Å². The highest BCUT2D eigenvalue weighted by molar-refractivity contribution is 6.79. The average molecular weight is 707 g/mol. The molecule has 48 heavy (non-hydrogen) atoms. The third-order valence-electron chi connectivity index (χ3n) is 11.1. The molecule has 3 fully saturated rings. The van der Waals surface area contributed by atoms with Crippen LogP contribution >= 0.6 is 0 Å². The van der Waals surface area contributed by atoms with Gasteiger partial charge in [-0.25, -0.2) is 0 Å². The topological polar surface area (TPSA) is 37.9 Å². The number of allylic oxidation sites excluding steroid dienone is 2. The molecule has 6 heterocycles. The molecule has 1 aromatic rings. The lowest BCUT2D eigenvalue weighted by Crippen LogP contribution is -2.44. The van der Waals surface area contributed by atoms with Gasteiger partial charge in [-0.15, -0.1) is 0 Å². The number of dihydropyridines is 1. The van der Waals surface area contributed by atoms with Gasteiger partial charge in [0, 0.05) is 36.7 Å². The zero-order valence-electron chi connectivity index (χ0n) is 32.8. The molecule has 0 spiro atoms. The molecule has 6 rings (SSSR count). The highest BCUT2D eigenvalue weighted by atomic mass is 28.3. The summed E-state index contributed by atoms with van der Waals surface area (Å²) in [5, 5.41) is 3.29. The molecule has 5 aliphatic rings. The van der Waals surface area contributed by atoms with E-state index in [1.807, 2.05) is 18.5 Å². The van der Waals surface area contributed by atoms with Crippen LogP contribution in [0.25, 0.3) is 0 Å². The van der Waals surface area contributed by atoms with Crippen molar-refractivity contribution in [1.29, 1.82) is 0 Å². The molecule has 268 valence electrons. The Balaban J connectivity index is 0.000000168. The van der Waals surface area contributed by atoms with Crippen LogP contribution in [0.1, 0.15) is 50.1 Å². The summed E-state index contributed by atoms with van der Waals surface area (Å²) in [6, 6.07) is 6.14. The molecule has 0 aromatic carbocycles. The summed E-state index contributed by atoms with van der Waals surface area (Å²) in [6.07, 6.45) is 26.0. The minimum absolute atomic E-state index is 0.610. The first-order chi connectivity index (χ1) is 22.5. The smallest absolute Gasteiger partial charge is 0.152 e. The lowest BCUT2D eigenvalue weighted by atomic mass is 10.0. The minimum Gasteiger partial charge on any atom is -0.381 e. The number of hydrogen-bond acceptors (Lipinski definition) is 6. The number of nitrogens with zero attached hydrogens (tertiary/aromatic N) is 5. The van der Waals surface area contributed by atoms with Gasteiger partial charge in [0.05, 0.1) is 16.1 Å². The molecule has 0 saturated carbocycles. The fourth-order valence-electron chi connectivity index (χ4n) is 8.23. The molecular weight excluding hydrogens is 637 g/mol. The third kappa shape index (κ3) is 10.2. The number of rotatable bonds is 6. The maximum absolute atomic E-state index is 4.14. The number of likely N-dealkylation sites (N-methyl/N-ethyl adjacent to an activating group) is 2. The number of nitrogens with one attached hydrogen (secondary N) is 1. The molecule has 0 radical (unpaired) electrons. The molecule has 0 aliphatic carbocycles. The second-order valence-electron chi connectivity index (χ2n) is 18.1. The van der Waals surface area contributed by atoms with Crippen LogP contribution in [0.2, 0.25) is 70.0 Å². The van der Waals surface area contributed by atoms with E-state index in [-0.39, 0.29) is 0 Å². The number of hydrogen-bond donors (Lipinski definition) is 1. The Bertz CT molecular complexity index is 1290. The molecule has 1 N–H and O–H groups in total. The minimum atomic E-state index is -1.29. The summed E-state index contributed by atoms with van der Waals surface area (Å²) in [5.41, 5.74) is 6.10. The molecule has 5 atom stereocenters. The first-order valence-electron chi connectivity index (χ1n) is 18.8. The van der Waals surface area contributed by atoms with E-state index in [1.54, 1.807) is 11.1 Å². The standard InChI is InChI=1S/C16H32N2Si2.C13H24N2Si.C10H14N2/c1-17-11-8-9-15(17)14-13-18(20(5,6)7)12-10-16(14)19(2,3)4;1-15-9-5-6-12(15)11-10-14-8-7-13(11)16(2,3)4;1-12-7-3-5-10(12)9-4-2-6-11-8-9/h10,12-13,15-16H,8-9,11H2,1-7H3;7-8,10,12-14H,5-6,9H2,1-4H3;2,4,6,8,10H,3,5,7H2,1H3/t15-,16?;12-,13?;10-/m000/s1. The Morgan fingerprint density at radius 1 is 0.688 bits per heavy atom. The molecule has 9 heteroatoms. The molecule has 2 unspecified atom stereocenters. The van der Waals surface area contributed by atoms with Crippen LogP contribution in [-0.4, -0.2) is 101 Å². The lowest BCUT2D eigenvalue weighted by molar-refractivity contribution is 0.317. The van der Waals surface area contributed by atoms with Gasteiger partial charge in [-0.3, -0.25) is 19.7 Å². The quantitative estimate of drug-likeness (QED) is 0.298. The van der Waals surface area contributed by atoms with Crippen molar-refractivity contribution >= 4 is 24.4 Å². The monoisotopic (exact) mass is 706 g/mol. The highest BCUT2D eigenvalue weighted by Gasteiger charge is 2.38. The van der Waals surface area contributed by atoms with Gasteiger partial charge in [0.1, 0.15) is 0 Å². The number of aromatic nitrogens is 1. The first kappa shape index (κ1) is 39.0. The van der Waals surface area contributed by atoms with Crippen molar-refractivity contribution in [2.45, 2.75) is 127 Å². The van der Waals surface area contributed by atoms with E-state index in [2.05, 4.69) is 153 Å². The van der Waals surface area contributed by atoms with Gasteiger partial charge in [-0.2, -0.15) is 0 Å². The predicted molar refractivity (Wildman–Crippen MR) is 217 cm³/mol. The van der Waals surface area contributed by atoms with Crippen LogP contribution in [0.15, 0.2) is 72.6 Å². The first-order valence-corrected chi connectivity index (χ1v) is 29.4. The van der Waals surface area contributed by atoms with Gasteiger partial charge in [-0.1, -0.05) is 77.1 Å². The summed E-state index contributed by atoms with van der Waals surface area (Å²) < 4.78 is 2.55. The average Bonchev–Trinajstić information content (AvgIpc) is 3.77. The molecule has 3 saturated heterocycles. The van der Waals surface area contributed by atoms with Crippen LogP contribution < -0.4 is 5.32 Å². The van der Waals surface area contributed by atoms with Crippen LogP contribution in [0.4, 0.5) is 0 Å². The number of likely N-dealkylation sites (tertiary alicyclic amines) is 3. The van der Waals surface area contributed by atoms with Crippen molar-refractivity contribution in [3.05, 3.63) is 78.2 Å². The molecule has 1 aromatic heterocycles. The summed E-state index contributed by atoms with van der Waals surface area (Å²) in [7, 11) is 3.12. The zero-order chi connectivity index (χ0) is 35.3. The largest absolute Gasteiger partial charge is 0.381 e. The summed E-state index contributed by atoms with van der Waals surface area (Å²) in [6.45, 7) is 26.0. The number of pyridine rings is 1. The van der Waals surface area contributed by atoms with Crippen molar-refractivity contribution in [2.75, 3.05) is 40.8 Å². The van der Waals surface area contributed by atoms with Crippen LogP contribution in [-0.2, 0) is 0 Å². The second-order valence-corrected chi connectivity index (χ2v) is 33.7. The Hall–Kier alpha value is -1.76. The maximum Gasteiger partial charge on any atom is 0.152 e. The Labute approximate surface area is 298 Å². The van der Waals surface area contributed by atoms with Gasteiger partial charge < -0.3 is 9.88 Å². The van der Waals surface area contributed by atoms with Gasteiger partial charge in [0.2, 0.25) is 0 Å². The van der Waals surface area contributed by atoms with E-state index in [4.69, 9.17) is 0 Å². The van der Waals surface area contributed by atoms with Gasteiger partial charge >= 0.3 is 0 Å². The predicted octanol–water partition coefficient (Wildman–Crippen LogP) is 8.98. The summed E-state index contributed by atoms with van der Waals surface area (Å²) in [4.78, 5) is 11.6. The van der Waals surface area contributed by atoms with E-state index in [0.29, 0.717) is 29.2 Å². The fourth-order valence-corrected chi connectivity index (χ4v) is 13.2. The van der Waals surface area contributed by atoms with E-state index in [1.165, 1.54) is 63.7 Å². The third-order valence-corrected chi connectivity index (χ3v) is 17.7. The normalized spacial score (nSPS) is 28.7. The van der Waals surface area contributed by atoms with Gasteiger partial charge in [-0.05, 0) is 132 Å². The van der Waals surface area contributed by atoms with Gasteiger partial charge in [0.25, 0.3) is 0 Å². The molecular formula is C39H70N6Si3. The zero-order valence-corrected chi connectivity index (χ0v) is 35.8. The van der Waals surface area contributed by atoms with E-state index < -0.39 is 24.4 Å². The maximum atomic E-state index is 4.14. The summed E-state index contributed by atoms with van der Waals surface area (Å²) >= 11 is 0. The fraction of sp³-hybridized carbons (Fsp3) is 0.667. The SMILES string of the molecule is CN1CCC[C@H]1C1=CN([Si](C)(C)C)C=CC1[Si](C)(C)C.CN1CCC[C@H]1C1=CNC=CC1[Si](C)(C)C.CN1CCC[C@H]1c1cccnc1. The molecule has 0 bridgehead atoms. The van der Waals surface area contributed by atoms with Crippen molar-refractivity contribution in [3.8, 4) is 0 Å². The Morgan fingerprint density at radius 3 is 1.67 bits per heavy atom. The Kier molecular flexibility index (Phi) is 13.4. The lowest BCUT2D eigenvalue weighted by Gasteiger charge is -2.41. The van der Waals surface area contributed by atoms with Crippen molar-refractivity contribution in [3.63, 3.8) is 0 Å². The van der Waals surface area contributed by atoms with Crippen LogP contribution in [0.3, 0.4) is 0 Å².